The summed E-state index contributed by atoms with van der Waals surface area (Å²) in [6.45, 7) is 2.33. The molecule has 1 aromatic heterocycles. The summed E-state index contributed by atoms with van der Waals surface area (Å²) in [5.74, 6) is 0.653. The largest absolute Gasteiger partial charge is 0.486 e. The number of ether oxygens (including phenoxy) is 2. The Morgan fingerprint density at radius 2 is 1.90 bits per heavy atom. The van der Waals surface area contributed by atoms with Gasteiger partial charge in [0.15, 0.2) is 16.6 Å². The summed E-state index contributed by atoms with van der Waals surface area (Å²) in [7, 11) is 3.97. The molecule has 1 aliphatic heterocycles. The van der Waals surface area contributed by atoms with Crippen molar-refractivity contribution in [2.24, 2.45) is 0 Å². The van der Waals surface area contributed by atoms with E-state index in [4.69, 9.17) is 9.47 Å². The van der Waals surface area contributed by atoms with Crippen LogP contribution in [0.2, 0.25) is 0 Å². The third kappa shape index (κ3) is 4.33. The molecule has 0 N–H and O–H groups in total. The number of carbonyl (C=O) groups is 1. The number of rotatable bonds is 6. The molecule has 0 radical (unpaired) electrons. The van der Waals surface area contributed by atoms with Crippen molar-refractivity contribution >= 4 is 32.6 Å². The van der Waals surface area contributed by atoms with E-state index in [0.29, 0.717) is 42.0 Å². The summed E-state index contributed by atoms with van der Waals surface area (Å²) in [4.78, 5) is 21.5. The van der Waals surface area contributed by atoms with Crippen LogP contribution in [-0.4, -0.2) is 56.2 Å². The lowest BCUT2D eigenvalue weighted by Gasteiger charge is -2.21. The molecule has 0 saturated heterocycles. The van der Waals surface area contributed by atoms with Gasteiger partial charge in [-0.05, 0) is 45.3 Å². The van der Waals surface area contributed by atoms with E-state index >= 15 is 0 Å². The van der Waals surface area contributed by atoms with Gasteiger partial charge in [0.25, 0.3) is 5.91 Å². The molecule has 6 nitrogen and oxygen atoms in total. The second kappa shape index (κ2) is 8.34. The van der Waals surface area contributed by atoms with Gasteiger partial charge in [-0.25, -0.2) is 9.37 Å². The van der Waals surface area contributed by atoms with Crippen molar-refractivity contribution in [3.8, 4) is 11.5 Å². The van der Waals surface area contributed by atoms with Crippen LogP contribution in [0.15, 0.2) is 36.4 Å². The summed E-state index contributed by atoms with van der Waals surface area (Å²) in [5, 5.41) is 0.579. The Labute approximate surface area is 172 Å². The van der Waals surface area contributed by atoms with Gasteiger partial charge in [0, 0.05) is 24.2 Å². The lowest BCUT2D eigenvalue weighted by Crippen LogP contribution is -2.33. The average Bonchev–Trinajstić information content (AvgIpc) is 3.11. The third-order valence-electron chi connectivity index (χ3n) is 4.58. The van der Waals surface area contributed by atoms with Crippen molar-refractivity contribution in [2.75, 3.05) is 45.3 Å². The van der Waals surface area contributed by atoms with Crippen molar-refractivity contribution in [3.05, 3.63) is 47.8 Å². The predicted octanol–water partition coefficient (Wildman–Crippen LogP) is 3.81. The molecule has 0 unspecified atom stereocenters. The molecule has 0 atom stereocenters. The highest BCUT2D eigenvalue weighted by atomic mass is 32.1. The molecule has 0 saturated carbocycles. The fourth-order valence-electron chi connectivity index (χ4n) is 3.17. The van der Waals surface area contributed by atoms with Crippen molar-refractivity contribution in [1.82, 2.24) is 9.88 Å². The Kier molecular flexibility index (Phi) is 5.64. The highest BCUT2D eigenvalue weighted by molar-refractivity contribution is 7.22. The van der Waals surface area contributed by atoms with Gasteiger partial charge in [0.05, 0.1) is 10.2 Å². The van der Waals surface area contributed by atoms with Gasteiger partial charge >= 0.3 is 0 Å². The number of benzene rings is 2. The molecule has 152 valence electrons. The Bertz CT molecular complexity index is 994. The van der Waals surface area contributed by atoms with Crippen LogP contribution in [0.1, 0.15) is 16.8 Å². The normalized spacial score (nSPS) is 13.1. The number of fused-ring (bicyclic) bond motifs is 2. The Morgan fingerprint density at radius 3 is 2.62 bits per heavy atom. The first kappa shape index (κ1) is 19.6. The molecule has 0 bridgehead atoms. The maximum atomic E-state index is 13.7. The Balaban J connectivity index is 1.68. The fourth-order valence-corrected chi connectivity index (χ4v) is 4.17. The number of amides is 1. The number of anilines is 1. The molecule has 8 heteroatoms. The SMILES string of the molecule is CN(C)CCCN(C(=O)c1cccc(F)c1)c1nc2cc3c(cc2s1)OCCO3. The lowest BCUT2D eigenvalue weighted by molar-refractivity contribution is 0.0985. The van der Waals surface area contributed by atoms with Crippen LogP contribution in [0.4, 0.5) is 9.52 Å². The third-order valence-corrected chi connectivity index (χ3v) is 5.62. The average molecular weight is 415 g/mol. The van der Waals surface area contributed by atoms with Crippen LogP contribution < -0.4 is 14.4 Å². The van der Waals surface area contributed by atoms with E-state index in [1.165, 1.54) is 23.5 Å². The highest BCUT2D eigenvalue weighted by Gasteiger charge is 2.23. The van der Waals surface area contributed by atoms with Gasteiger partial charge in [-0.15, -0.1) is 0 Å². The van der Waals surface area contributed by atoms with Gasteiger partial charge < -0.3 is 14.4 Å². The number of halogens is 1. The van der Waals surface area contributed by atoms with Crippen molar-refractivity contribution in [1.29, 1.82) is 0 Å². The number of carbonyl (C=O) groups excluding carboxylic acids is 1. The quantitative estimate of drug-likeness (QED) is 0.613. The van der Waals surface area contributed by atoms with Crippen LogP contribution in [0.3, 0.4) is 0 Å². The molecule has 2 heterocycles. The smallest absolute Gasteiger partial charge is 0.260 e. The second-order valence-electron chi connectivity index (χ2n) is 7.08. The fraction of sp³-hybridized carbons (Fsp3) is 0.333. The minimum Gasteiger partial charge on any atom is -0.486 e. The minimum absolute atomic E-state index is 0.264. The zero-order valence-corrected chi connectivity index (χ0v) is 17.2. The molecule has 1 aliphatic rings. The first-order chi connectivity index (χ1) is 14.0. The molecular weight excluding hydrogens is 393 g/mol. The van der Waals surface area contributed by atoms with E-state index in [1.54, 1.807) is 17.0 Å². The second-order valence-corrected chi connectivity index (χ2v) is 8.09. The molecule has 1 amide bonds. The number of hydrogen-bond donors (Lipinski definition) is 0. The van der Waals surface area contributed by atoms with Crippen LogP contribution >= 0.6 is 11.3 Å². The van der Waals surface area contributed by atoms with E-state index in [1.807, 2.05) is 26.2 Å². The topological polar surface area (TPSA) is 54.9 Å². The van der Waals surface area contributed by atoms with Gasteiger partial charge in [0.1, 0.15) is 19.0 Å². The molecule has 0 fully saturated rings. The van der Waals surface area contributed by atoms with Crippen molar-refractivity contribution < 1.29 is 18.7 Å². The Hall–Kier alpha value is -2.71. The summed E-state index contributed by atoms with van der Waals surface area (Å²) in [6, 6.07) is 9.49. The maximum Gasteiger partial charge on any atom is 0.260 e. The monoisotopic (exact) mass is 415 g/mol. The van der Waals surface area contributed by atoms with E-state index in [9.17, 15) is 9.18 Å². The van der Waals surface area contributed by atoms with Crippen molar-refractivity contribution in [2.45, 2.75) is 6.42 Å². The van der Waals surface area contributed by atoms with E-state index < -0.39 is 5.82 Å². The molecule has 3 aromatic rings. The number of hydrogen-bond acceptors (Lipinski definition) is 6. The summed E-state index contributed by atoms with van der Waals surface area (Å²) in [5.41, 5.74) is 1.05. The zero-order valence-electron chi connectivity index (χ0n) is 16.4. The van der Waals surface area contributed by atoms with Crippen LogP contribution in [0.25, 0.3) is 10.2 Å². The van der Waals surface area contributed by atoms with Crippen LogP contribution in [0.5, 0.6) is 11.5 Å². The van der Waals surface area contributed by atoms with Gasteiger partial charge in [-0.2, -0.15) is 0 Å². The minimum atomic E-state index is -0.435. The standard InChI is InChI=1S/C21H22FN3O3S/c1-24(2)7-4-8-25(20(26)14-5-3-6-15(22)11-14)21-23-16-12-17-18(13-19(16)29-21)28-10-9-27-17/h3,5-6,11-13H,4,7-10H2,1-2H3. The van der Waals surface area contributed by atoms with Crippen molar-refractivity contribution in [3.63, 3.8) is 0 Å². The predicted molar refractivity (Wildman–Crippen MR) is 112 cm³/mol. The number of aromatic nitrogens is 1. The molecule has 0 aliphatic carbocycles. The lowest BCUT2D eigenvalue weighted by atomic mass is 10.2. The summed E-state index contributed by atoms with van der Waals surface area (Å²) < 4.78 is 25.9. The zero-order chi connectivity index (χ0) is 20.4. The maximum absolute atomic E-state index is 13.7. The molecular formula is C21H22FN3O3S. The molecule has 4 rings (SSSR count). The van der Waals surface area contributed by atoms with E-state index in [-0.39, 0.29) is 5.91 Å². The molecule has 0 spiro atoms. The number of thiazole rings is 1. The number of nitrogens with zero attached hydrogens (tertiary/aromatic N) is 3. The first-order valence-corrected chi connectivity index (χ1v) is 10.3. The van der Waals surface area contributed by atoms with Gasteiger partial charge in [-0.1, -0.05) is 17.4 Å². The molecule has 2 aromatic carbocycles. The molecule has 29 heavy (non-hydrogen) atoms. The van der Waals surface area contributed by atoms with E-state index in [2.05, 4.69) is 9.88 Å². The summed E-state index contributed by atoms with van der Waals surface area (Å²) in [6.07, 6.45) is 0.771. The van der Waals surface area contributed by atoms with Crippen LogP contribution in [-0.2, 0) is 0 Å². The first-order valence-electron chi connectivity index (χ1n) is 9.43. The van der Waals surface area contributed by atoms with Gasteiger partial charge in [-0.3, -0.25) is 9.69 Å². The van der Waals surface area contributed by atoms with E-state index in [0.717, 1.165) is 23.2 Å². The van der Waals surface area contributed by atoms with Gasteiger partial charge in [0.2, 0.25) is 0 Å². The Morgan fingerprint density at radius 1 is 1.14 bits per heavy atom. The van der Waals surface area contributed by atoms with Crippen LogP contribution in [0, 0.1) is 5.82 Å². The highest BCUT2D eigenvalue weighted by Crippen LogP contribution is 2.39. The summed E-state index contributed by atoms with van der Waals surface area (Å²) >= 11 is 1.42.